The average Bonchev–Trinajstić information content (AvgIpc) is 3.18. The summed E-state index contributed by atoms with van der Waals surface area (Å²) in [5, 5.41) is 11.1. The van der Waals surface area contributed by atoms with Crippen LogP contribution in [0, 0.1) is 0 Å². The first-order valence-corrected chi connectivity index (χ1v) is 11.1. The van der Waals surface area contributed by atoms with Crippen LogP contribution in [-0.4, -0.2) is 36.9 Å². The van der Waals surface area contributed by atoms with Crippen LogP contribution in [0.2, 0.25) is 0 Å². The molecule has 1 amide bonds. The van der Waals surface area contributed by atoms with Crippen LogP contribution in [0.3, 0.4) is 0 Å². The lowest BCUT2D eigenvalue weighted by Crippen LogP contribution is -2.19. The van der Waals surface area contributed by atoms with E-state index in [2.05, 4.69) is 10.4 Å². The minimum Gasteiger partial charge on any atom is -0.359 e. The first-order valence-electron chi connectivity index (χ1n) is 9.56. The summed E-state index contributed by atoms with van der Waals surface area (Å²) >= 11 is 0. The van der Waals surface area contributed by atoms with Gasteiger partial charge in [-0.3, -0.25) is 9.59 Å². The number of ketones is 1. The predicted molar refractivity (Wildman–Crippen MR) is 113 cm³/mol. The summed E-state index contributed by atoms with van der Waals surface area (Å²) in [5.41, 5.74) is -1.85. The first-order chi connectivity index (χ1) is 15.4. The summed E-state index contributed by atoms with van der Waals surface area (Å²) in [4.78, 5) is 24.2. The van der Waals surface area contributed by atoms with Crippen molar-refractivity contribution < 1.29 is 31.2 Å². The molecule has 33 heavy (non-hydrogen) atoms. The second-order valence-electron chi connectivity index (χ2n) is 6.98. The maximum atomic E-state index is 13.9. The van der Waals surface area contributed by atoms with Crippen molar-refractivity contribution in [3.05, 3.63) is 65.9 Å². The van der Waals surface area contributed by atoms with Crippen LogP contribution in [0.1, 0.15) is 28.9 Å². The molecule has 0 spiro atoms. The molecule has 0 unspecified atom stereocenters. The van der Waals surface area contributed by atoms with Crippen LogP contribution < -0.4 is 10.5 Å². The minimum absolute atomic E-state index is 0.0807. The highest BCUT2D eigenvalue weighted by Gasteiger charge is 2.41. The molecule has 12 heteroatoms. The summed E-state index contributed by atoms with van der Waals surface area (Å²) in [6, 6.07) is 12.6. The fourth-order valence-electron chi connectivity index (χ4n) is 3.18. The monoisotopic (exact) mass is 480 g/mol. The van der Waals surface area contributed by atoms with Gasteiger partial charge in [-0.1, -0.05) is 30.3 Å². The smallest absolute Gasteiger partial charge is 0.359 e. The molecule has 0 aliphatic carbocycles. The van der Waals surface area contributed by atoms with Gasteiger partial charge in [0.25, 0.3) is 0 Å². The SMILES string of the molecule is CNC(=O)CCC(=O)c1c(C(F)(F)F)nn(-c2ccc(S(N)(=O)=O)cc2)c1-c1ccccc1. The Bertz CT molecular complexity index is 1290. The molecule has 0 atom stereocenters. The fraction of sp³-hybridized carbons (Fsp3) is 0.190. The van der Waals surface area contributed by atoms with Gasteiger partial charge in [-0.25, -0.2) is 18.2 Å². The summed E-state index contributed by atoms with van der Waals surface area (Å²) in [6.45, 7) is 0. The number of aromatic nitrogens is 2. The lowest BCUT2D eigenvalue weighted by Gasteiger charge is -2.11. The Morgan fingerprint density at radius 2 is 1.64 bits per heavy atom. The normalized spacial score (nSPS) is 11.9. The van der Waals surface area contributed by atoms with Gasteiger partial charge >= 0.3 is 6.18 Å². The Balaban J connectivity index is 2.26. The number of amides is 1. The van der Waals surface area contributed by atoms with Crippen molar-refractivity contribution in [2.45, 2.75) is 23.9 Å². The Kier molecular flexibility index (Phi) is 6.70. The third kappa shape index (κ3) is 5.29. The zero-order chi connectivity index (χ0) is 24.4. The van der Waals surface area contributed by atoms with E-state index in [0.717, 1.165) is 16.8 Å². The van der Waals surface area contributed by atoms with Crippen molar-refractivity contribution in [2.75, 3.05) is 7.05 Å². The molecule has 0 saturated heterocycles. The molecule has 0 bridgehead atoms. The molecular weight excluding hydrogens is 461 g/mol. The molecule has 0 radical (unpaired) electrons. The zero-order valence-corrected chi connectivity index (χ0v) is 18.1. The second-order valence-corrected chi connectivity index (χ2v) is 8.54. The van der Waals surface area contributed by atoms with Crippen LogP contribution in [0.25, 0.3) is 16.9 Å². The topological polar surface area (TPSA) is 124 Å². The maximum absolute atomic E-state index is 13.9. The van der Waals surface area contributed by atoms with Gasteiger partial charge in [0.2, 0.25) is 15.9 Å². The molecule has 0 aliphatic rings. The van der Waals surface area contributed by atoms with Crippen molar-refractivity contribution in [1.82, 2.24) is 15.1 Å². The molecule has 8 nitrogen and oxygen atoms in total. The van der Waals surface area contributed by atoms with Crippen molar-refractivity contribution in [3.8, 4) is 16.9 Å². The Morgan fingerprint density at radius 3 is 2.15 bits per heavy atom. The van der Waals surface area contributed by atoms with Crippen LogP contribution in [-0.2, 0) is 21.0 Å². The first kappa shape index (κ1) is 24.1. The van der Waals surface area contributed by atoms with Gasteiger partial charge < -0.3 is 5.32 Å². The van der Waals surface area contributed by atoms with Gasteiger partial charge in [-0.05, 0) is 24.3 Å². The predicted octanol–water partition coefficient (Wildman–Crippen LogP) is 2.91. The van der Waals surface area contributed by atoms with Crippen molar-refractivity contribution >= 4 is 21.7 Å². The zero-order valence-electron chi connectivity index (χ0n) is 17.3. The number of nitrogens with two attached hydrogens (primary N) is 1. The van der Waals surface area contributed by atoms with Crippen LogP contribution >= 0.6 is 0 Å². The van der Waals surface area contributed by atoms with E-state index in [1.807, 2.05) is 0 Å². The van der Waals surface area contributed by atoms with Crippen LogP contribution in [0.5, 0.6) is 0 Å². The van der Waals surface area contributed by atoms with E-state index in [-0.39, 0.29) is 28.3 Å². The van der Waals surface area contributed by atoms with E-state index in [1.165, 1.54) is 31.3 Å². The van der Waals surface area contributed by atoms with E-state index < -0.39 is 45.6 Å². The summed E-state index contributed by atoms with van der Waals surface area (Å²) in [6.07, 6.45) is -5.72. The molecule has 1 aromatic heterocycles. The number of carbonyl (C=O) groups excluding carboxylic acids is 2. The standard InChI is InChI=1S/C21H19F3N4O4S/c1-26-17(30)12-11-16(29)18-19(13-5-3-2-4-6-13)28(27-20(18)21(22,23)24)14-7-9-15(10-8-14)33(25,31)32/h2-10H,11-12H2,1H3,(H,26,30)(H2,25,31,32). The third-order valence-electron chi connectivity index (χ3n) is 4.75. The highest BCUT2D eigenvalue weighted by molar-refractivity contribution is 7.89. The molecule has 2 aromatic carbocycles. The summed E-state index contributed by atoms with van der Waals surface area (Å²) in [5.74, 6) is -1.40. The Hall–Kier alpha value is -3.51. The summed E-state index contributed by atoms with van der Waals surface area (Å²) < 4.78 is 65.7. The number of primary sulfonamides is 1. The van der Waals surface area contributed by atoms with Gasteiger partial charge in [0.1, 0.15) is 0 Å². The second kappa shape index (κ2) is 9.16. The molecular formula is C21H19F3N4O4S. The van der Waals surface area contributed by atoms with Gasteiger partial charge in [0, 0.05) is 25.5 Å². The maximum Gasteiger partial charge on any atom is 0.435 e. The molecule has 174 valence electrons. The van der Waals surface area contributed by atoms with E-state index in [1.54, 1.807) is 18.2 Å². The highest BCUT2D eigenvalue weighted by atomic mass is 32.2. The number of carbonyl (C=O) groups is 2. The summed E-state index contributed by atoms with van der Waals surface area (Å²) in [7, 11) is -2.67. The number of rotatable bonds is 7. The number of nitrogens with one attached hydrogen (secondary N) is 1. The lowest BCUT2D eigenvalue weighted by molar-refractivity contribution is -0.141. The molecule has 3 aromatic rings. The molecule has 0 saturated carbocycles. The molecule has 0 fully saturated rings. The number of benzene rings is 2. The van der Waals surface area contributed by atoms with E-state index in [0.29, 0.717) is 0 Å². The van der Waals surface area contributed by atoms with Gasteiger partial charge in [0.15, 0.2) is 11.5 Å². The highest BCUT2D eigenvalue weighted by Crippen LogP contribution is 2.38. The molecule has 3 N–H and O–H groups in total. The quantitative estimate of drug-likeness (QED) is 0.503. The number of sulfonamides is 1. The fourth-order valence-corrected chi connectivity index (χ4v) is 3.70. The lowest BCUT2D eigenvalue weighted by atomic mass is 9.99. The van der Waals surface area contributed by atoms with E-state index in [4.69, 9.17) is 5.14 Å². The number of nitrogens with zero attached hydrogens (tertiary/aromatic N) is 2. The number of halogens is 3. The molecule has 1 heterocycles. The Morgan fingerprint density at radius 1 is 1.03 bits per heavy atom. The van der Waals surface area contributed by atoms with E-state index in [9.17, 15) is 31.2 Å². The van der Waals surface area contributed by atoms with Gasteiger partial charge in [0.05, 0.1) is 21.8 Å². The van der Waals surface area contributed by atoms with Gasteiger partial charge in [-0.15, -0.1) is 0 Å². The Labute approximate surface area is 187 Å². The molecule has 3 rings (SSSR count). The van der Waals surface area contributed by atoms with Crippen LogP contribution in [0.4, 0.5) is 13.2 Å². The number of hydrogen-bond acceptors (Lipinski definition) is 5. The van der Waals surface area contributed by atoms with Crippen molar-refractivity contribution in [3.63, 3.8) is 0 Å². The number of hydrogen-bond donors (Lipinski definition) is 2. The van der Waals surface area contributed by atoms with E-state index >= 15 is 0 Å². The average molecular weight is 480 g/mol. The van der Waals surface area contributed by atoms with Crippen LogP contribution in [0.15, 0.2) is 59.5 Å². The van der Waals surface area contributed by atoms with Crippen molar-refractivity contribution in [2.24, 2.45) is 5.14 Å². The molecule has 0 aliphatic heterocycles. The number of Topliss-reactive ketones (excluding diaryl/α,β-unsaturated/α-hetero) is 1. The third-order valence-corrected chi connectivity index (χ3v) is 5.68. The minimum atomic E-state index is -4.96. The number of alkyl halides is 3. The van der Waals surface area contributed by atoms with Crippen molar-refractivity contribution in [1.29, 1.82) is 0 Å². The largest absolute Gasteiger partial charge is 0.435 e. The van der Waals surface area contributed by atoms with Gasteiger partial charge in [-0.2, -0.15) is 18.3 Å².